The molecule has 0 saturated carbocycles. The summed E-state index contributed by atoms with van der Waals surface area (Å²) in [4.78, 5) is 11.8. The third-order valence-electron chi connectivity index (χ3n) is 3.41. The van der Waals surface area contributed by atoms with Gasteiger partial charge in [0, 0.05) is 19.6 Å². The fourth-order valence-electron chi connectivity index (χ4n) is 2.28. The highest BCUT2D eigenvalue weighted by atomic mass is 16.5. The summed E-state index contributed by atoms with van der Waals surface area (Å²) in [6, 6.07) is 10.1. The molecule has 1 amide bonds. The second kappa shape index (κ2) is 6.55. The Hall–Kier alpha value is -1.35. The van der Waals surface area contributed by atoms with Crippen LogP contribution < -0.4 is 5.32 Å². The van der Waals surface area contributed by atoms with Crippen molar-refractivity contribution in [1.29, 1.82) is 0 Å². The summed E-state index contributed by atoms with van der Waals surface area (Å²) in [5.41, 5.74) is 1.21. The van der Waals surface area contributed by atoms with Crippen molar-refractivity contribution in [3.63, 3.8) is 0 Å². The molecular formula is C15H21NO2. The number of nitrogens with one attached hydrogen (secondary N) is 1. The fraction of sp³-hybridized carbons (Fsp3) is 0.533. The van der Waals surface area contributed by atoms with Crippen molar-refractivity contribution in [3.05, 3.63) is 35.9 Å². The normalized spacial score (nSPS) is 20.6. The summed E-state index contributed by atoms with van der Waals surface area (Å²) >= 11 is 0. The SMILES string of the molecule is C[C@H](CC(=O)NC[C@@H]1CCCO1)c1ccccc1. The molecule has 1 aliphatic heterocycles. The smallest absolute Gasteiger partial charge is 0.220 e. The molecule has 0 spiro atoms. The first-order valence-electron chi connectivity index (χ1n) is 6.69. The van der Waals surface area contributed by atoms with Crippen molar-refractivity contribution in [2.45, 2.75) is 38.2 Å². The maximum Gasteiger partial charge on any atom is 0.220 e. The molecule has 2 atom stereocenters. The van der Waals surface area contributed by atoms with Gasteiger partial charge in [-0.1, -0.05) is 37.3 Å². The number of hydrogen-bond acceptors (Lipinski definition) is 2. The van der Waals surface area contributed by atoms with Crippen LogP contribution in [0.25, 0.3) is 0 Å². The van der Waals surface area contributed by atoms with E-state index >= 15 is 0 Å². The lowest BCUT2D eigenvalue weighted by atomic mass is 9.97. The summed E-state index contributed by atoms with van der Waals surface area (Å²) in [5.74, 6) is 0.373. The van der Waals surface area contributed by atoms with E-state index in [9.17, 15) is 4.79 Å². The average Bonchev–Trinajstić information content (AvgIpc) is 2.90. The quantitative estimate of drug-likeness (QED) is 0.868. The van der Waals surface area contributed by atoms with Gasteiger partial charge in [0.2, 0.25) is 5.91 Å². The summed E-state index contributed by atoms with van der Waals surface area (Å²) in [6.07, 6.45) is 2.94. The van der Waals surface area contributed by atoms with E-state index in [4.69, 9.17) is 4.74 Å². The van der Waals surface area contributed by atoms with Crippen LogP contribution in [0.2, 0.25) is 0 Å². The number of carbonyl (C=O) groups is 1. The van der Waals surface area contributed by atoms with Crippen LogP contribution in [0.4, 0.5) is 0 Å². The van der Waals surface area contributed by atoms with E-state index in [1.807, 2.05) is 18.2 Å². The molecule has 0 aliphatic carbocycles. The molecular weight excluding hydrogens is 226 g/mol. The van der Waals surface area contributed by atoms with Gasteiger partial charge in [0.1, 0.15) is 0 Å². The highest BCUT2D eigenvalue weighted by Gasteiger charge is 2.17. The molecule has 1 aromatic rings. The van der Waals surface area contributed by atoms with Gasteiger partial charge < -0.3 is 10.1 Å². The Morgan fingerprint density at radius 1 is 1.44 bits per heavy atom. The molecule has 1 heterocycles. The number of rotatable bonds is 5. The molecule has 3 nitrogen and oxygen atoms in total. The lowest BCUT2D eigenvalue weighted by Crippen LogP contribution is -2.32. The number of hydrogen-bond donors (Lipinski definition) is 1. The van der Waals surface area contributed by atoms with Gasteiger partial charge in [-0.3, -0.25) is 4.79 Å². The maximum atomic E-state index is 11.8. The molecule has 0 unspecified atom stereocenters. The third-order valence-corrected chi connectivity index (χ3v) is 3.41. The Balaban J connectivity index is 1.73. The molecule has 18 heavy (non-hydrogen) atoms. The predicted octanol–water partition coefficient (Wildman–Crippen LogP) is 2.48. The van der Waals surface area contributed by atoms with Gasteiger partial charge in [0.25, 0.3) is 0 Å². The lowest BCUT2D eigenvalue weighted by Gasteiger charge is -2.14. The van der Waals surface area contributed by atoms with Gasteiger partial charge in [0.15, 0.2) is 0 Å². The molecule has 0 aromatic heterocycles. The average molecular weight is 247 g/mol. The largest absolute Gasteiger partial charge is 0.376 e. The van der Waals surface area contributed by atoms with Crippen LogP contribution in [0.3, 0.4) is 0 Å². The first-order chi connectivity index (χ1) is 8.75. The molecule has 2 rings (SSSR count). The Bertz CT molecular complexity index is 371. The molecule has 1 saturated heterocycles. The van der Waals surface area contributed by atoms with Crippen molar-refractivity contribution >= 4 is 5.91 Å². The van der Waals surface area contributed by atoms with Crippen LogP contribution in [0, 0.1) is 0 Å². The summed E-state index contributed by atoms with van der Waals surface area (Å²) in [6.45, 7) is 3.57. The number of benzene rings is 1. The Morgan fingerprint density at radius 2 is 2.22 bits per heavy atom. The minimum absolute atomic E-state index is 0.113. The Labute approximate surface area is 109 Å². The number of amides is 1. The highest BCUT2D eigenvalue weighted by molar-refractivity contribution is 5.76. The second-order valence-electron chi connectivity index (χ2n) is 4.95. The van der Waals surface area contributed by atoms with Crippen molar-refractivity contribution in [1.82, 2.24) is 5.32 Å². The first-order valence-corrected chi connectivity index (χ1v) is 6.69. The van der Waals surface area contributed by atoms with E-state index in [1.165, 1.54) is 5.56 Å². The maximum absolute atomic E-state index is 11.8. The van der Waals surface area contributed by atoms with Crippen LogP contribution in [0.15, 0.2) is 30.3 Å². The van der Waals surface area contributed by atoms with Crippen molar-refractivity contribution in [3.8, 4) is 0 Å². The monoisotopic (exact) mass is 247 g/mol. The minimum Gasteiger partial charge on any atom is -0.376 e. The van der Waals surface area contributed by atoms with Crippen LogP contribution in [-0.4, -0.2) is 25.2 Å². The van der Waals surface area contributed by atoms with E-state index in [2.05, 4.69) is 24.4 Å². The van der Waals surface area contributed by atoms with E-state index in [1.54, 1.807) is 0 Å². The van der Waals surface area contributed by atoms with E-state index < -0.39 is 0 Å². The minimum atomic E-state index is 0.113. The zero-order valence-electron chi connectivity index (χ0n) is 10.9. The van der Waals surface area contributed by atoms with E-state index in [0.29, 0.717) is 13.0 Å². The number of ether oxygens (including phenoxy) is 1. The first kappa shape index (κ1) is 13.1. The third kappa shape index (κ3) is 3.84. The Kier molecular flexibility index (Phi) is 4.76. The van der Waals surface area contributed by atoms with Crippen molar-refractivity contribution < 1.29 is 9.53 Å². The van der Waals surface area contributed by atoms with Gasteiger partial charge in [-0.25, -0.2) is 0 Å². The topological polar surface area (TPSA) is 38.3 Å². The molecule has 98 valence electrons. The molecule has 1 N–H and O–H groups in total. The molecule has 0 bridgehead atoms. The molecule has 3 heteroatoms. The lowest BCUT2D eigenvalue weighted by molar-refractivity contribution is -0.121. The second-order valence-corrected chi connectivity index (χ2v) is 4.95. The molecule has 0 radical (unpaired) electrons. The van der Waals surface area contributed by atoms with Gasteiger partial charge >= 0.3 is 0 Å². The zero-order chi connectivity index (χ0) is 12.8. The van der Waals surface area contributed by atoms with Crippen LogP contribution in [-0.2, 0) is 9.53 Å². The predicted molar refractivity (Wildman–Crippen MR) is 71.5 cm³/mol. The van der Waals surface area contributed by atoms with E-state index in [0.717, 1.165) is 19.4 Å². The molecule has 1 aliphatic rings. The summed E-state index contributed by atoms with van der Waals surface area (Å²) in [7, 11) is 0. The van der Waals surface area contributed by atoms with Gasteiger partial charge in [-0.15, -0.1) is 0 Å². The number of carbonyl (C=O) groups excluding carboxylic acids is 1. The molecule has 1 aromatic carbocycles. The summed E-state index contributed by atoms with van der Waals surface area (Å²) in [5, 5.41) is 2.96. The Morgan fingerprint density at radius 3 is 2.89 bits per heavy atom. The van der Waals surface area contributed by atoms with Crippen LogP contribution in [0.1, 0.15) is 37.7 Å². The zero-order valence-corrected chi connectivity index (χ0v) is 10.9. The highest BCUT2D eigenvalue weighted by Crippen LogP contribution is 2.18. The molecule has 1 fully saturated rings. The van der Waals surface area contributed by atoms with Crippen molar-refractivity contribution in [2.24, 2.45) is 0 Å². The van der Waals surface area contributed by atoms with Crippen molar-refractivity contribution in [2.75, 3.05) is 13.2 Å². The van der Waals surface area contributed by atoms with Gasteiger partial charge in [0.05, 0.1) is 6.10 Å². The van der Waals surface area contributed by atoms with Gasteiger partial charge in [-0.2, -0.15) is 0 Å². The van der Waals surface area contributed by atoms with Crippen LogP contribution in [0.5, 0.6) is 0 Å². The van der Waals surface area contributed by atoms with Gasteiger partial charge in [-0.05, 0) is 24.3 Å². The van der Waals surface area contributed by atoms with E-state index in [-0.39, 0.29) is 17.9 Å². The summed E-state index contributed by atoms with van der Waals surface area (Å²) < 4.78 is 5.48. The fourth-order valence-corrected chi connectivity index (χ4v) is 2.28. The van der Waals surface area contributed by atoms with Crippen LogP contribution >= 0.6 is 0 Å². The standard InChI is InChI=1S/C15H21NO2/c1-12(13-6-3-2-4-7-13)10-15(17)16-11-14-8-5-9-18-14/h2-4,6-7,12,14H,5,8-11H2,1H3,(H,16,17)/t12-,14+/m1/s1.